The Kier molecular flexibility index (Phi) is 9.58. The molecule has 122 valence electrons. The van der Waals surface area contributed by atoms with Gasteiger partial charge in [-0.05, 0) is 19.3 Å². The van der Waals surface area contributed by atoms with Gasteiger partial charge >= 0.3 is 0 Å². The van der Waals surface area contributed by atoms with Gasteiger partial charge in [-0.15, -0.1) is 0 Å². The lowest BCUT2D eigenvalue weighted by Crippen LogP contribution is -2.26. The molecule has 0 fully saturated rings. The van der Waals surface area contributed by atoms with Gasteiger partial charge < -0.3 is 15.3 Å². The minimum Gasteiger partial charge on any atom is -0.344 e. The van der Waals surface area contributed by atoms with Crippen LogP contribution in [0, 0.1) is 0 Å². The zero-order valence-electron chi connectivity index (χ0n) is 12.2. The smallest absolute Gasteiger partial charge is 0.275 e. The van der Waals surface area contributed by atoms with E-state index in [4.69, 9.17) is 19.9 Å². The molecule has 0 aromatic rings. The molecule has 6 nitrogen and oxygen atoms in total. The van der Waals surface area contributed by atoms with Gasteiger partial charge in [-0.25, -0.2) is 0 Å². The van der Waals surface area contributed by atoms with Crippen molar-refractivity contribution in [2.24, 2.45) is 0 Å². The predicted octanol–water partition coefficient (Wildman–Crippen LogP) is 1.79. The summed E-state index contributed by atoms with van der Waals surface area (Å²) < 4.78 is 30.9. The molecule has 0 aliphatic rings. The minimum absolute atomic E-state index is 0.0421. The summed E-state index contributed by atoms with van der Waals surface area (Å²) in [7, 11) is -3.90. The van der Waals surface area contributed by atoms with E-state index in [2.05, 4.69) is 0 Å². The highest BCUT2D eigenvalue weighted by Gasteiger charge is 2.19. The number of unbranched alkanes of at least 4 members (excludes halogenated alkanes) is 6. The summed E-state index contributed by atoms with van der Waals surface area (Å²) in [4.78, 5) is 0. The first-order chi connectivity index (χ1) is 9.17. The molecule has 0 aromatic carbocycles. The zero-order chi connectivity index (χ0) is 15.6. The summed E-state index contributed by atoms with van der Waals surface area (Å²) >= 11 is 0. The van der Waals surface area contributed by atoms with Crippen molar-refractivity contribution < 1.29 is 28.3 Å². The third kappa shape index (κ3) is 11.6. The van der Waals surface area contributed by atoms with Crippen molar-refractivity contribution in [1.82, 2.24) is 0 Å². The van der Waals surface area contributed by atoms with Crippen molar-refractivity contribution in [3.05, 3.63) is 0 Å². The van der Waals surface area contributed by atoms with Crippen molar-refractivity contribution >= 4 is 10.1 Å². The van der Waals surface area contributed by atoms with Crippen LogP contribution in [0.1, 0.15) is 71.1 Å². The number of aliphatic hydroxyl groups is 3. The Morgan fingerprint density at radius 2 is 1.35 bits per heavy atom. The van der Waals surface area contributed by atoms with Crippen LogP contribution < -0.4 is 0 Å². The largest absolute Gasteiger partial charge is 0.344 e. The summed E-state index contributed by atoms with van der Waals surface area (Å²) in [6.07, 6.45) is 6.92. The maximum atomic E-state index is 11.0. The highest BCUT2D eigenvalue weighted by molar-refractivity contribution is 7.86. The van der Waals surface area contributed by atoms with Crippen molar-refractivity contribution in [1.29, 1.82) is 0 Å². The van der Waals surface area contributed by atoms with Crippen LogP contribution in [-0.2, 0) is 10.1 Å². The molecule has 0 rings (SSSR count). The number of hydrogen-bond acceptors (Lipinski definition) is 5. The van der Waals surface area contributed by atoms with Gasteiger partial charge in [0, 0.05) is 6.42 Å². The Morgan fingerprint density at radius 1 is 0.900 bits per heavy atom. The molecule has 0 aliphatic heterocycles. The molecule has 1 atom stereocenters. The molecule has 0 saturated heterocycles. The molecule has 0 bridgehead atoms. The average molecular weight is 312 g/mol. The lowest BCUT2D eigenvalue weighted by molar-refractivity contribution is -0.315. The Labute approximate surface area is 121 Å². The first kappa shape index (κ1) is 19.8. The zero-order valence-corrected chi connectivity index (χ0v) is 13.0. The first-order valence-electron chi connectivity index (χ1n) is 7.30. The molecule has 0 aromatic heterocycles. The second-order valence-corrected chi connectivity index (χ2v) is 7.03. The van der Waals surface area contributed by atoms with Crippen molar-refractivity contribution in [3.63, 3.8) is 0 Å². The van der Waals surface area contributed by atoms with Gasteiger partial charge in [-0.3, -0.25) is 4.55 Å². The van der Waals surface area contributed by atoms with Gasteiger partial charge in [0.1, 0.15) is 0 Å². The van der Waals surface area contributed by atoms with Crippen molar-refractivity contribution in [3.8, 4) is 0 Å². The van der Waals surface area contributed by atoms with Crippen LogP contribution >= 0.6 is 0 Å². The Balaban J connectivity index is 3.45. The Hall–Kier alpha value is -0.210. The van der Waals surface area contributed by atoms with E-state index in [1.807, 2.05) is 0 Å². The molecule has 4 N–H and O–H groups in total. The van der Waals surface area contributed by atoms with Crippen LogP contribution in [0.4, 0.5) is 0 Å². The SMILES string of the molecule is CCC(CCCCCCCCCC(O)(O)O)S(=O)(=O)O. The van der Waals surface area contributed by atoms with Gasteiger partial charge in [0.15, 0.2) is 0 Å². The Morgan fingerprint density at radius 3 is 1.75 bits per heavy atom. The fraction of sp³-hybridized carbons (Fsp3) is 1.00. The standard InChI is InChI=1S/C13H28O6S/c1-2-12(20(17,18)19)10-8-6-4-3-5-7-9-11-13(14,15)16/h12,14-16H,2-11H2,1H3,(H,17,18,19). The topological polar surface area (TPSA) is 115 Å². The van der Waals surface area contributed by atoms with Gasteiger partial charge in [-0.2, -0.15) is 8.42 Å². The van der Waals surface area contributed by atoms with Gasteiger partial charge in [0.25, 0.3) is 16.1 Å². The summed E-state index contributed by atoms with van der Waals surface area (Å²) in [6, 6.07) is 0. The fourth-order valence-corrected chi connectivity index (χ4v) is 3.07. The second kappa shape index (κ2) is 9.68. The molecule has 0 aliphatic carbocycles. The van der Waals surface area contributed by atoms with Crippen molar-refractivity contribution in [2.45, 2.75) is 82.4 Å². The normalized spacial score (nSPS) is 14.4. The maximum absolute atomic E-state index is 11.0. The van der Waals surface area contributed by atoms with Crippen LogP contribution in [0.5, 0.6) is 0 Å². The minimum atomic E-state index is -3.90. The van der Waals surface area contributed by atoms with Gasteiger partial charge in [0.2, 0.25) is 0 Å². The van der Waals surface area contributed by atoms with E-state index < -0.39 is 21.3 Å². The quantitative estimate of drug-likeness (QED) is 0.248. The van der Waals surface area contributed by atoms with Crippen LogP contribution in [-0.4, -0.2) is 39.5 Å². The third-order valence-electron chi connectivity index (χ3n) is 3.41. The molecule has 0 heterocycles. The highest BCUT2D eigenvalue weighted by atomic mass is 32.2. The molecule has 0 radical (unpaired) electrons. The van der Waals surface area contributed by atoms with E-state index in [0.29, 0.717) is 19.3 Å². The van der Waals surface area contributed by atoms with Crippen LogP contribution in [0.15, 0.2) is 0 Å². The highest BCUT2D eigenvalue weighted by Crippen LogP contribution is 2.16. The van der Waals surface area contributed by atoms with Crippen LogP contribution in [0.25, 0.3) is 0 Å². The van der Waals surface area contributed by atoms with E-state index >= 15 is 0 Å². The maximum Gasteiger partial charge on any atom is 0.275 e. The first-order valence-corrected chi connectivity index (χ1v) is 8.80. The molecule has 0 spiro atoms. The summed E-state index contributed by atoms with van der Waals surface area (Å²) in [5, 5.41) is 25.4. The van der Waals surface area contributed by atoms with Crippen molar-refractivity contribution in [2.75, 3.05) is 0 Å². The molecule has 7 heteroatoms. The van der Waals surface area contributed by atoms with E-state index in [1.54, 1.807) is 6.92 Å². The molecule has 1 unspecified atom stereocenters. The Bertz CT molecular complexity index is 333. The van der Waals surface area contributed by atoms with Crippen LogP contribution in [0.2, 0.25) is 0 Å². The van der Waals surface area contributed by atoms with E-state index in [9.17, 15) is 8.42 Å². The van der Waals surface area contributed by atoms with Crippen LogP contribution in [0.3, 0.4) is 0 Å². The number of rotatable bonds is 12. The van der Waals surface area contributed by atoms with Gasteiger partial charge in [0.05, 0.1) is 5.25 Å². The lowest BCUT2D eigenvalue weighted by atomic mass is 10.1. The summed E-state index contributed by atoms with van der Waals surface area (Å²) in [5.74, 6) is -2.55. The summed E-state index contributed by atoms with van der Waals surface area (Å²) in [6.45, 7) is 1.75. The molecular formula is C13H28O6S. The number of hydrogen-bond donors (Lipinski definition) is 4. The predicted molar refractivity (Wildman–Crippen MR) is 76.6 cm³/mol. The molecule has 0 amide bonds. The second-order valence-electron chi connectivity index (χ2n) is 5.33. The van der Waals surface area contributed by atoms with Gasteiger partial charge in [-0.1, -0.05) is 45.4 Å². The third-order valence-corrected chi connectivity index (χ3v) is 4.83. The van der Waals surface area contributed by atoms with E-state index in [-0.39, 0.29) is 6.42 Å². The fourth-order valence-electron chi connectivity index (χ4n) is 2.18. The molecule has 0 saturated carbocycles. The average Bonchev–Trinajstić information content (AvgIpc) is 2.28. The van der Waals surface area contributed by atoms with E-state index in [0.717, 1.165) is 38.5 Å². The lowest BCUT2D eigenvalue weighted by Gasteiger charge is -2.13. The molecular weight excluding hydrogens is 284 g/mol. The summed E-state index contributed by atoms with van der Waals surface area (Å²) in [5.41, 5.74) is 0. The molecule has 20 heavy (non-hydrogen) atoms. The monoisotopic (exact) mass is 312 g/mol. The van der Waals surface area contributed by atoms with E-state index in [1.165, 1.54) is 0 Å².